The molecule has 0 aliphatic carbocycles. The normalized spacial score (nSPS) is 10.6. The molecule has 180 valence electrons. The van der Waals surface area contributed by atoms with Crippen LogP contribution in [0, 0.1) is 6.92 Å². The van der Waals surface area contributed by atoms with Crippen molar-refractivity contribution in [2.45, 2.75) is 13.5 Å². The van der Waals surface area contributed by atoms with Crippen LogP contribution in [-0.4, -0.2) is 27.7 Å². The number of methoxy groups -OCH3 is 1. The van der Waals surface area contributed by atoms with E-state index in [2.05, 4.69) is 10.3 Å². The number of carbonyl (C=O) groups is 1. The number of phenols is 1. The fourth-order valence-corrected chi connectivity index (χ4v) is 3.36. The van der Waals surface area contributed by atoms with Gasteiger partial charge in [-0.1, -0.05) is 24.3 Å². The number of aromatic hydroxyl groups is 1. The molecule has 0 atom stereocenters. The molecular weight excluding hydrogens is 466 g/mol. The number of rotatable bonds is 8. The highest BCUT2D eigenvalue weighted by Crippen LogP contribution is 2.27. The molecule has 0 spiro atoms. The van der Waals surface area contributed by atoms with Crippen LogP contribution >= 0.6 is 12.4 Å². The average Bonchev–Trinajstić information content (AvgIpc) is 3.29. The van der Waals surface area contributed by atoms with Crippen molar-refractivity contribution in [1.29, 1.82) is 0 Å². The number of aryl methyl sites for hydroxylation is 1. The Bertz CT molecular complexity index is 1320. The molecule has 0 bridgehead atoms. The lowest BCUT2D eigenvalue weighted by Gasteiger charge is -2.12. The minimum absolute atomic E-state index is 0. The van der Waals surface area contributed by atoms with Gasteiger partial charge >= 0.3 is 0 Å². The Morgan fingerprint density at radius 2 is 1.89 bits per heavy atom. The number of benzene rings is 3. The third kappa shape index (κ3) is 6.65. The summed E-state index contributed by atoms with van der Waals surface area (Å²) in [6.45, 7) is 2.25. The minimum atomic E-state index is -0.289. The Hall–Kier alpha value is -4.23. The topological polar surface area (TPSA) is 85.6 Å². The maximum Gasteiger partial charge on any atom is 0.248 e. The first-order chi connectivity index (χ1) is 16.5. The second-order valence-electron chi connectivity index (χ2n) is 7.62. The van der Waals surface area contributed by atoms with Gasteiger partial charge in [-0.15, -0.1) is 12.4 Å². The predicted molar refractivity (Wildman–Crippen MR) is 139 cm³/mol. The molecule has 4 aromatic rings. The zero-order valence-corrected chi connectivity index (χ0v) is 20.2. The van der Waals surface area contributed by atoms with Crippen molar-refractivity contribution >= 4 is 30.1 Å². The van der Waals surface area contributed by atoms with Crippen LogP contribution in [0.5, 0.6) is 17.2 Å². The highest BCUT2D eigenvalue weighted by Gasteiger charge is 2.07. The maximum absolute atomic E-state index is 12.5. The van der Waals surface area contributed by atoms with Crippen LogP contribution < -0.4 is 14.8 Å². The Kier molecular flexibility index (Phi) is 8.53. The lowest BCUT2D eigenvalue weighted by atomic mass is 10.1. The smallest absolute Gasteiger partial charge is 0.248 e. The van der Waals surface area contributed by atoms with E-state index in [0.29, 0.717) is 23.6 Å². The third-order valence-corrected chi connectivity index (χ3v) is 5.15. The summed E-state index contributed by atoms with van der Waals surface area (Å²) in [5, 5.41) is 12.8. The summed E-state index contributed by atoms with van der Waals surface area (Å²) in [6, 6.07) is 20.1. The molecule has 0 radical (unpaired) electrons. The summed E-state index contributed by atoms with van der Waals surface area (Å²) in [5.74, 6) is 0.825. The first kappa shape index (κ1) is 25.4. The summed E-state index contributed by atoms with van der Waals surface area (Å²) >= 11 is 0. The molecule has 7 nitrogen and oxygen atoms in total. The molecule has 4 rings (SSSR count). The van der Waals surface area contributed by atoms with Gasteiger partial charge in [-0.3, -0.25) is 4.79 Å². The molecule has 3 aromatic carbocycles. The number of para-hydroxylation sites is 1. The van der Waals surface area contributed by atoms with Gasteiger partial charge in [0.15, 0.2) is 11.5 Å². The molecular formula is C27H26ClN3O4. The SMILES string of the molecule is COc1ccc(C=CC(=O)Nc2ccccc2COc2ccc(-n3cnc(C)c3)cc2)cc1O.Cl. The number of hydrogen-bond donors (Lipinski definition) is 2. The molecule has 0 aliphatic rings. The predicted octanol–water partition coefficient (Wildman–Crippen LogP) is 5.55. The van der Waals surface area contributed by atoms with Gasteiger partial charge in [0.2, 0.25) is 5.91 Å². The quantitative estimate of drug-likeness (QED) is 0.316. The number of ether oxygens (including phenoxy) is 2. The van der Waals surface area contributed by atoms with E-state index in [9.17, 15) is 9.90 Å². The molecule has 0 aliphatic heterocycles. The maximum atomic E-state index is 12.5. The summed E-state index contributed by atoms with van der Waals surface area (Å²) in [7, 11) is 1.48. The summed E-state index contributed by atoms with van der Waals surface area (Å²) in [5.41, 5.74) is 4.15. The second kappa shape index (κ2) is 11.8. The lowest BCUT2D eigenvalue weighted by molar-refractivity contribution is -0.111. The van der Waals surface area contributed by atoms with E-state index in [-0.39, 0.29) is 24.1 Å². The van der Waals surface area contributed by atoms with E-state index in [1.807, 2.05) is 66.2 Å². The van der Waals surface area contributed by atoms with Crippen molar-refractivity contribution < 1.29 is 19.4 Å². The van der Waals surface area contributed by atoms with Gasteiger partial charge in [0, 0.05) is 29.2 Å². The molecule has 2 N–H and O–H groups in total. The second-order valence-corrected chi connectivity index (χ2v) is 7.62. The van der Waals surface area contributed by atoms with Crippen LogP contribution in [-0.2, 0) is 11.4 Å². The third-order valence-electron chi connectivity index (χ3n) is 5.15. The van der Waals surface area contributed by atoms with E-state index in [1.54, 1.807) is 24.5 Å². The zero-order chi connectivity index (χ0) is 23.9. The number of hydrogen-bond acceptors (Lipinski definition) is 5. The van der Waals surface area contributed by atoms with E-state index in [4.69, 9.17) is 9.47 Å². The van der Waals surface area contributed by atoms with Gasteiger partial charge in [-0.25, -0.2) is 4.98 Å². The summed E-state index contributed by atoms with van der Waals surface area (Å²) in [4.78, 5) is 16.7. The first-order valence-corrected chi connectivity index (χ1v) is 10.7. The Labute approximate surface area is 210 Å². The zero-order valence-electron chi connectivity index (χ0n) is 19.3. The standard InChI is InChI=1S/C27H25N3O4.ClH/c1-19-16-30(18-28-19)22-9-11-23(12-10-22)34-17-21-5-3-4-6-24(21)29-27(32)14-8-20-7-13-26(33-2)25(31)15-20;/h3-16,18,31H,17H2,1-2H3,(H,29,32);1H. The van der Waals surface area contributed by atoms with E-state index < -0.39 is 0 Å². The van der Waals surface area contributed by atoms with Crippen LogP contribution in [0.25, 0.3) is 11.8 Å². The van der Waals surface area contributed by atoms with Crippen molar-refractivity contribution in [3.05, 3.63) is 102 Å². The Balaban J connectivity index is 0.00000342. The Morgan fingerprint density at radius 1 is 1.11 bits per heavy atom. The van der Waals surface area contributed by atoms with Gasteiger partial charge in [-0.2, -0.15) is 0 Å². The monoisotopic (exact) mass is 491 g/mol. The molecule has 1 amide bonds. The largest absolute Gasteiger partial charge is 0.504 e. The highest BCUT2D eigenvalue weighted by atomic mass is 35.5. The summed E-state index contributed by atoms with van der Waals surface area (Å²) < 4.78 is 12.9. The van der Waals surface area contributed by atoms with Gasteiger partial charge in [0.05, 0.1) is 19.1 Å². The number of amides is 1. The highest BCUT2D eigenvalue weighted by molar-refractivity contribution is 6.02. The van der Waals surface area contributed by atoms with Gasteiger partial charge in [0.1, 0.15) is 12.4 Å². The van der Waals surface area contributed by atoms with Crippen LogP contribution in [0.3, 0.4) is 0 Å². The number of imidazole rings is 1. The van der Waals surface area contributed by atoms with Crippen LogP contribution in [0.4, 0.5) is 5.69 Å². The number of nitrogens with one attached hydrogen (secondary N) is 1. The average molecular weight is 492 g/mol. The molecule has 0 fully saturated rings. The van der Waals surface area contributed by atoms with E-state index in [0.717, 1.165) is 22.7 Å². The Morgan fingerprint density at radius 3 is 2.57 bits per heavy atom. The summed E-state index contributed by atoms with van der Waals surface area (Å²) in [6.07, 6.45) is 6.77. The number of aromatic nitrogens is 2. The number of nitrogens with zero attached hydrogens (tertiary/aromatic N) is 2. The molecule has 8 heteroatoms. The van der Waals surface area contributed by atoms with Crippen LogP contribution in [0.15, 0.2) is 85.3 Å². The van der Waals surface area contributed by atoms with Crippen LogP contribution in [0.2, 0.25) is 0 Å². The van der Waals surface area contributed by atoms with Crippen molar-refractivity contribution in [1.82, 2.24) is 9.55 Å². The van der Waals surface area contributed by atoms with E-state index in [1.165, 1.54) is 19.3 Å². The molecule has 0 unspecified atom stereocenters. The van der Waals surface area contributed by atoms with Gasteiger partial charge in [0.25, 0.3) is 0 Å². The number of phenolic OH excluding ortho intramolecular Hbond substituents is 1. The van der Waals surface area contributed by atoms with E-state index >= 15 is 0 Å². The molecule has 35 heavy (non-hydrogen) atoms. The number of anilines is 1. The van der Waals surface area contributed by atoms with Crippen molar-refractivity contribution in [3.63, 3.8) is 0 Å². The van der Waals surface area contributed by atoms with Crippen molar-refractivity contribution in [2.24, 2.45) is 0 Å². The van der Waals surface area contributed by atoms with Crippen LogP contribution in [0.1, 0.15) is 16.8 Å². The fourth-order valence-electron chi connectivity index (χ4n) is 3.36. The number of halogens is 1. The lowest BCUT2D eigenvalue weighted by Crippen LogP contribution is -2.10. The molecule has 1 aromatic heterocycles. The molecule has 0 saturated heterocycles. The minimum Gasteiger partial charge on any atom is -0.504 e. The van der Waals surface area contributed by atoms with Gasteiger partial charge in [-0.05, 0) is 61.0 Å². The molecule has 0 saturated carbocycles. The van der Waals surface area contributed by atoms with Gasteiger partial charge < -0.3 is 24.5 Å². The first-order valence-electron chi connectivity index (χ1n) is 10.7. The fraction of sp³-hybridized carbons (Fsp3) is 0.111. The van der Waals surface area contributed by atoms with Crippen molar-refractivity contribution in [2.75, 3.05) is 12.4 Å². The molecule has 1 heterocycles. The number of carbonyl (C=O) groups excluding carboxylic acids is 1. The van der Waals surface area contributed by atoms with Crippen molar-refractivity contribution in [3.8, 4) is 22.9 Å².